The zero-order valence-electron chi connectivity index (χ0n) is 14.7. The van der Waals surface area contributed by atoms with Crippen molar-refractivity contribution in [1.82, 2.24) is 9.88 Å². The van der Waals surface area contributed by atoms with Gasteiger partial charge < -0.3 is 10.0 Å². The van der Waals surface area contributed by atoms with Crippen LogP contribution in [0.25, 0.3) is 0 Å². The van der Waals surface area contributed by atoms with Gasteiger partial charge >= 0.3 is 0 Å². The molecule has 0 bridgehead atoms. The number of aliphatic hydroxyl groups excluding tert-OH is 1. The first kappa shape index (κ1) is 16.9. The number of hydrogen-bond donors (Lipinski definition) is 1. The number of pyridine rings is 1. The van der Waals surface area contributed by atoms with E-state index in [9.17, 15) is 5.11 Å². The van der Waals surface area contributed by atoms with E-state index in [4.69, 9.17) is 0 Å². The highest BCUT2D eigenvalue weighted by Crippen LogP contribution is 2.21. The molecule has 0 spiro atoms. The van der Waals surface area contributed by atoms with Gasteiger partial charge in [-0.2, -0.15) is 0 Å². The largest absolute Gasteiger partial charge is 0.387 e. The Bertz CT molecular complexity index is 659. The van der Waals surface area contributed by atoms with Crippen molar-refractivity contribution in [3.8, 4) is 0 Å². The number of rotatable bonds is 4. The molecule has 4 nitrogen and oxygen atoms in total. The molecule has 0 aliphatic carbocycles. The zero-order valence-corrected chi connectivity index (χ0v) is 14.7. The summed E-state index contributed by atoms with van der Waals surface area (Å²) in [5, 5.41) is 10.7. The molecule has 2 aromatic rings. The average molecular weight is 325 g/mol. The Morgan fingerprint density at radius 3 is 2.71 bits per heavy atom. The lowest BCUT2D eigenvalue weighted by Crippen LogP contribution is -2.33. The van der Waals surface area contributed by atoms with E-state index in [1.165, 1.54) is 11.1 Å². The van der Waals surface area contributed by atoms with Gasteiger partial charge in [-0.05, 0) is 43.5 Å². The van der Waals surface area contributed by atoms with Crippen molar-refractivity contribution in [2.75, 3.05) is 37.6 Å². The van der Waals surface area contributed by atoms with Crippen molar-refractivity contribution in [3.63, 3.8) is 0 Å². The second-order valence-corrected chi connectivity index (χ2v) is 6.70. The summed E-state index contributed by atoms with van der Waals surface area (Å²) in [6.45, 7) is 8.81. The number of anilines is 1. The van der Waals surface area contributed by atoms with Crippen LogP contribution in [-0.4, -0.2) is 47.7 Å². The fraction of sp³-hybridized carbons (Fsp3) is 0.450. The number of aliphatic hydroxyl groups is 1. The van der Waals surface area contributed by atoms with Gasteiger partial charge in [-0.3, -0.25) is 4.90 Å². The minimum atomic E-state index is -0.424. The van der Waals surface area contributed by atoms with Gasteiger partial charge in [0.15, 0.2) is 0 Å². The molecule has 1 atom stereocenters. The number of β-amino-alcohol motifs (C(OH)–C–C–N with tert-alkyl or cyclic N) is 1. The first-order chi connectivity index (χ1) is 11.6. The van der Waals surface area contributed by atoms with Crippen molar-refractivity contribution in [2.24, 2.45) is 0 Å². The maximum Gasteiger partial charge on any atom is 0.128 e. The molecule has 1 fully saturated rings. The van der Waals surface area contributed by atoms with Gasteiger partial charge in [0, 0.05) is 38.9 Å². The third kappa shape index (κ3) is 4.13. The minimum Gasteiger partial charge on any atom is -0.387 e. The van der Waals surface area contributed by atoms with E-state index >= 15 is 0 Å². The van der Waals surface area contributed by atoms with E-state index in [2.05, 4.69) is 52.9 Å². The molecule has 3 rings (SSSR count). The predicted molar refractivity (Wildman–Crippen MR) is 98.4 cm³/mol. The molecule has 0 radical (unpaired) electrons. The van der Waals surface area contributed by atoms with Gasteiger partial charge in [0.2, 0.25) is 0 Å². The van der Waals surface area contributed by atoms with Crippen LogP contribution in [0, 0.1) is 13.8 Å². The Morgan fingerprint density at radius 2 is 1.96 bits per heavy atom. The second-order valence-electron chi connectivity index (χ2n) is 6.70. The van der Waals surface area contributed by atoms with Crippen LogP contribution in [-0.2, 0) is 0 Å². The number of benzene rings is 1. The highest BCUT2D eigenvalue weighted by Gasteiger charge is 2.19. The molecule has 1 N–H and O–H groups in total. The summed E-state index contributed by atoms with van der Waals surface area (Å²) in [6, 6.07) is 12.3. The van der Waals surface area contributed by atoms with Gasteiger partial charge in [0.25, 0.3) is 0 Å². The molecule has 1 aliphatic rings. The first-order valence-corrected chi connectivity index (χ1v) is 8.77. The summed E-state index contributed by atoms with van der Waals surface area (Å²) in [5.41, 5.74) is 3.46. The van der Waals surface area contributed by atoms with Gasteiger partial charge in [-0.15, -0.1) is 0 Å². The Hall–Kier alpha value is -1.91. The summed E-state index contributed by atoms with van der Waals surface area (Å²) in [4.78, 5) is 9.16. The second kappa shape index (κ2) is 7.77. The molecule has 1 aromatic heterocycles. The predicted octanol–water partition coefficient (Wildman–Crippen LogP) is 2.94. The lowest BCUT2D eigenvalue weighted by Gasteiger charge is -2.25. The van der Waals surface area contributed by atoms with Crippen LogP contribution in [0.4, 0.5) is 5.82 Å². The van der Waals surface area contributed by atoms with Crippen LogP contribution in [0.2, 0.25) is 0 Å². The third-order valence-electron chi connectivity index (χ3n) is 4.78. The lowest BCUT2D eigenvalue weighted by molar-refractivity contribution is 0.116. The summed E-state index contributed by atoms with van der Waals surface area (Å²) >= 11 is 0. The monoisotopic (exact) mass is 325 g/mol. The van der Waals surface area contributed by atoms with Crippen LogP contribution >= 0.6 is 0 Å². The summed E-state index contributed by atoms with van der Waals surface area (Å²) in [6.07, 6.45) is 2.52. The Morgan fingerprint density at radius 1 is 1.08 bits per heavy atom. The molecule has 1 saturated heterocycles. The molecule has 2 heterocycles. The highest BCUT2D eigenvalue weighted by molar-refractivity contribution is 5.37. The molecule has 0 amide bonds. The van der Waals surface area contributed by atoms with Crippen molar-refractivity contribution < 1.29 is 5.11 Å². The Labute approximate surface area is 144 Å². The van der Waals surface area contributed by atoms with E-state index in [-0.39, 0.29) is 0 Å². The van der Waals surface area contributed by atoms with Crippen molar-refractivity contribution in [3.05, 3.63) is 59.3 Å². The van der Waals surface area contributed by atoms with E-state index < -0.39 is 6.10 Å². The van der Waals surface area contributed by atoms with Gasteiger partial charge in [-0.1, -0.05) is 29.8 Å². The first-order valence-electron chi connectivity index (χ1n) is 8.77. The van der Waals surface area contributed by atoms with E-state index in [0.29, 0.717) is 6.54 Å². The van der Waals surface area contributed by atoms with Crippen LogP contribution in [0.15, 0.2) is 42.6 Å². The van der Waals surface area contributed by atoms with Crippen LogP contribution in [0.5, 0.6) is 0 Å². The molecular weight excluding hydrogens is 298 g/mol. The molecule has 4 heteroatoms. The summed E-state index contributed by atoms with van der Waals surface area (Å²) in [7, 11) is 0. The molecule has 1 unspecified atom stereocenters. The van der Waals surface area contributed by atoms with Gasteiger partial charge in [0.05, 0.1) is 6.10 Å². The van der Waals surface area contributed by atoms with Crippen molar-refractivity contribution in [2.45, 2.75) is 26.4 Å². The van der Waals surface area contributed by atoms with Crippen molar-refractivity contribution in [1.29, 1.82) is 0 Å². The Kier molecular flexibility index (Phi) is 5.48. The summed E-state index contributed by atoms with van der Waals surface area (Å²) < 4.78 is 0. The number of hydrogen-bond acceptors (Lipinski definition) is 4. The van der Waals surface area contributed by atoms with E-state index in [0.717, 1.165) is 44.0 Å². The fourth-order valence-corrected chi connectivity index (χ4v) is 3.47. The molecule has 1 aliphatic heterocycles. The topological polar surface area (TPSA) is 39.6 Å². The normalized spacial score (nSPS) is 17.5. The minimum absolute atomic E-state index is 0.424. The molecule has 1 aromatic carbocycles. The quantitative estimate of drug-likeness (QED) is 0.938. The third-order valence-corrected chi connectivity index (χ3v) is 4.78. The SMILES string of the molecule is Cc1ccc(C(O)CN2CCCN(c3ccccn3)CC2)c(C)c1. The van der Waals surface area contributed by atoms with Crippen LogP contribution in [0.3, 0.4) is 0 Å². The van der Waals surface area contributed by atoms with Crippen molar-refractivity contribution >= 4 is 5.82 Å². The summed E-state index contributed by atoms with van der Waals surface area (Å²) in [5.74, 6) is 1.05. The molecule has 128 valence electrons. The number of aryl methyl sites for hydroxylation is 2. The van der Waals surface area contributed by atoms with Gasteiger partial charge in [-0.25, -0.2) is 4.98 Å². The van der Waals surface area contributed by atoms with Crippen LogP contribution in [0.1, 0.15) is 29.2 Å². The molecule has 24 heavy (non-hydrogen) atoms. The zero-order chi connectivity index (χ0) is 16.9. The number of nitrogens with zero attached hydrogens (tertiary/aromatic N) is 3. The van der Waals surface area contributed by atoms with Crippen LogP contribution < -0.4 is 4.90 Å². The Balaban J connectivity index is 1.60. The number of aromatic nitrogens is 1. The maximum absolute atomic E-state index is 10.7. The maximum atomic E-state index is 10.7. The van der Waals surface area contributed by atoms with E-state index in [1.54, 1.807) is 0 Å². The molecular formula is C20H27N3O. The van der Waals surface area contributed by atoms with E-state index in [1.807, 2.05) is 18.3 Å². The smallest absolute Gasteiger partial charge is 0.128 e. The standard InChI is InChI=1S/C20H27N3O/c1-16-7-8-18(17(2)14-16)19(24)15-22-10-5-11-23(13-12-22)20-6-3-4-9-21-20/h3-4,6-9,14,19,24H,5,10-13,15H2,1-2H3. The highest BCUT2D eigenvalue weighted by atomic mass is 16.3. The lowest BCUT2D eigenvalue weighted by atomic mass is 10.0. The molecule has 0 saturated carbocycles. The fourth-order valence-electron chi connectivity index (χ4n) is 3.47. The van der Waals surface area contributed by atoms with Gasteiger partial charge in [0.1, 0.15) is 5.82 Å². The average Bonchev–Trinajstić information content (AvgIpc) is 2.81.